The molecule has 0 spiro atoms. The van der Waals surface area contributed by atoms with Crippen molar-refractivity contribution in [3.8, 4) is 0 Å². The number of nitrogens with zero attached hydrogens (tertiary/aromatic N) is 2. The van der Waals surface area contributed by atoms with Gasteiger partial charge in [-0.2, -0.15) is 0 Å². The maximum atomic E-state index is 12.0. The van der Waals surface area contributed by atoms with Gasteiger partial charge in [0.25, 0.3) is 0 Å². The number of esters is 1. The molecule has 5 nitrogen and oxygen atoms in total. The average molecular weight is 299 g/mol. The lowest BCUT2D eigenvalue weighted by Gasteiger charge is -2.30. The van der Waals surface area contributed by atoms with E-state index >= 15 is 0 Å². The highest BCUT2D eigenvalue weighted by Crippen LogP contribution is 2.16. The van der Waals surface area contributed by atoms with Gasteiger partial charge in [0.05, 0.1) is 6.61 Å². The maximum absolute atomic E-state index is 12.0. The van der Waals surface area contributed by atoms with E-state index in [1.807, 2.05) is 20.9 Å². The molecule has 2 atom stereocenters. The van der Waals surface area contributed by atoms with Crippen LogP contribution >= 0.6 is 0 Å². The zero-order chi connectivity index (χ0) is 15.9. The van der Waals surface area contributed by atoms with E-state index in [1.165, 1.54) is 13.0 Å². The van der Waals surface area contributed by atoms with Gasteiger partial charge < -0.3 is 15.0 Å². The number of likely N-dealkylation sites (N-methyl/N-ethyl adjacent to an activating group) is 2. The Labute approximate surface area is 130 Å². The van der Waals surface area contributed by atoms with Crippen molar-refractivity contribution >= 4 is 5.97 Å². The van der Waals surface area contributed by atoms with E-state index in [-0.39, 0.29) is 5.97 Å². The first kappa shape index (κ1) is 18.4. The molecule has 1 aliphatic rings. The Bertz CT molecular complexity index is 325. The lowest BCUT2D eigenvalue weighted by atomic mass is 9.96. The fourth-order valence-electron chi connectivity index (χ4n) is 3.01. The van der Waals surface area contributed by atoms with E-state index in [9.17, 15) is 4.79 Å². The SMILES string of the molecule is CCOC(=O)C(C)(CCCN1CCCN(C)CC1C)NC. The predicted octanol–water partition coefficient (Wildman–Crippen LogP) is 1.33. The minimum atomic E-state index is -0.568. The summed E-state index contributed by atoms with van der Waals surface area (Å²) in [5.74, 6) is -0.142. The van der Waals surface area contributed by atoms with Crippen LogP contribution in [0, 0.1) is 0 Å². The molecular formula is C16H33N3O2. The largest absolute Gasteiger partial charge is 0.465 e. The molecule has 5 heteroatoms. The van der Waals surface area contributed by atoms with Crippen LogP contribution in [-0.4, -0.2) is 74.2 Å². The molecule has 1 fully saturated rings. The van der Waals surface area contributed by atoms with Gasteiger partial charge in [-0.05, 0) is 73.8 Å². The van der Waals surface area contributed by atoms with Crippen molar-refractivity contribution in [2.75, 3.05) is 46.9 Å². The summed E-state index contributed by atoms with van der Waals surface area (Å²) in [6, 6.07) is 0.584. The van der Waals surface area contributed by atoms with Crippen molar-refractivity contribution in [3.05, 3.63) is 0 Å². The van der Waals surface area contributed by atoms with Crippen LogP contribution in [0.2, 0.25) is 0 Å². The number of hydrogen-bond donors (Lipinski definition) is 1. The zero-order valence-corrected chi connectivity index (χ0v) is 14.4. The third-order valence-corrected chi connectivity index (χ3v) is 4.58. The molecule has 0 aromatic carbocycles. The van der Waals surface area contributed by atoms with Gasteiger partial charge in [0, 0.05) is 12.6 Å². The van der Waals surface area contributed by atoms with Gasteiger partial charge in [-0.25, -0.2) is 0 Å². The lowest BCUT2D eigenvalue weighted by molar-refractivity contribution is -0.150. The molecule has 1 rings (SSSR count). The van der Waals surface area contributed by atoms with E-state index in [1.54, 1.807) is 0 Å². The molecule has 0 bridgehead atoms. The summed E-state index contributed by atoms with van der Waals surface area (Å²) in [7, 11) is 4.03. The van der Waals surface area contributed by atoms with Crippen molar-refractivity contribution < 1.29 is 9.53 Å². The van der Waals surface area contributed by atoms with E-state index < -0.39 is 5.54 Å². The van der Waals surface area contributed by atoms with E-state index in [2.05, 4.69) is 29.1 Å². The third-order valence-electron chi connectivity index (χ3n) is 4.58. The standard InChI is InChI=1S/C16H33N3O2/c1-6-21-15(20)16(3,17-4)9-7-11-19-12-8-10-18(5)13-14(19)2/h14,17H,6-13H2,1-5H3. The van der Waals surface area contributed by atoms with Crippen LogP contribution in [-0.2, 0) is 9.53 Å². The van der Waals surface area contributed by atoms with Crippen LogP contribution in [0.25, 0.3) is 0 Å². The number of ether oxygens (including phenoxy) is 1. The number of carbonyl (C=O) groups excluding carboxylic acids is 1. The smallest absolute Gasteiger partial charge is 0.326 e. The molecule has 1 aliphatic heterocycles. The average Bonchev–Trinajstić information content (AvgIpc) is 2.60. The van der Waals surface area contributed by atoms with Gasteiger partial charge in [-0.3, -0.25) is 9.69 Å². The van der Waals surface area contributed by atoms with Crippen LogP contribution < -0.4 is 5.32 Å². The summed E-state index contributed by atoms with van der Waals surface area (Å²) in [4.78, 5) is 17.0. The van der Waals surface area contributed by atoms with Gasteiger partial charge in [0.15, 0.2) is 0 Å². The van der Waals surface area contributed by atoms with Crippen LogP contribution in [0.3, 0.4) is 0 Å². The topological polar surface area (TPSA) is 44.8 Å². The van der Waals surface area contributed by atoms with Gasteiger partial charge >= 0.3 is 5.97 Å². The molecule has 21 heavy (non-hydrogen) atoms. The van der Waals surface area contributed by atoms with Crippen molar-refractivity contribution in [2.45, 2.75) is 51.6 Å². The second-order valence-corrected chi connectivity index (χ2v) is 6.41. The quantitative estimate of drug-likeness (QED) is 0.719. The second kappa shape index (κ2) is 8.71. The van der Waals surface area contributed by atoms with Crippen LogP contribution in [0.5, 0.6) is 0 Å². The Balaban J connectivity index is 2.44. The Morgan fingerprint density at radius 3 is 2.76 bits per heavy atom. The molecular weight excluding hydrogens is 266 g/mol. The minimum Gasteiger partial charge on any atom is -0.465 e. The fraction of sp³-hybridized carbons (Fsp3) is 0.938. The third kappa shape index (κ3) is 5.57. The van der Waals surface area contributed by atoms with Gasteiger partial charge in [-0.15, -0.1) is 0 Å². The highest BCUT2D eigenvalue weighted by atomic mass is 16.5. The second-order valence-electron chi connectivity index (χ2n) is 6.41. The highest BCUT2D eigenvalue weighted by Gasteiger charge is 2.32. The monoisotopic (exact) mass is 299 g/mol. The minimum absolute atomic E-state index is 0.142. The van der Waals surface area contributed by atoms with Gasteiger partial charge in [-0.1, -0.05) is 0 Å². The molecule has 0 amide bonds. The first-order valence-corrected chi connectivity index (χ1v) is 8.21. The van der Waals surface area contributed by atoms with Crippen LogP contribution in [0.1, 0.15) is 40.0 Å². The Morgan fingerprint density at radius 2 is 2.14 bits per heavy atom. The molecule has 124 valence electrons. The molecule has 1 heterocycles. The van der Waals surface area contributed by atoms with E-state index in [0.29, 0.717) is 12.6 Å². The summed E-state index contributed by atoms with van der Waals surface area (Å²) in [5, 5.41) is 3.13. The number of carbonyl (C=O) groups is 1. The summed E-state index contributed by atoms with van der Waals surface area (Å²) in [6.45, 7) is 11.0. The molecule has 2 unspecified atom stereocenters. The summed E-state index contributed by atoms with van der Waals surface area (Å²) < 4.78 is 5.17. The molecule has 1 saturated heterocycles. The van der Waals surface area contributed by atoms with Crippen LogP contribution in [0.4, 0.5) is 0 Å². The highest BCUT2D eigenvalue weighted by molar-refractivity contribution is 5.80. The Kier molecular flexibility index (Phi) is 7.63. The first-order valence-electron chi connectivity index (χ1n) is 8.21. The summed E-state index contributed by atoms with van der Waals surface area (Å²) in [5.41, 5.74) is -0.568. The maximum Gasteiger partial charge on any atom is 0.326 e. The molecule has 0 saturated carbocycles. The molecule has 0 aromatic rings. The number of nitrogens with one attached hydrogen (secondary N) is 1. The predicted molar refractivity (Wildman–Crippen MR) is 86.5 cm³/mol. The van der Waals surface area contributed by atoms with Crippen molar-refractivity contribution in [1.82, 2.24) is 15.1 Å². The molecule has 1 N–H and O–H groups in total. The Morgan fingerprint density at radius 1 is 1.43 bits per heavy atom. The van der Waals surface area contributed by atoms with Gasteiger partial charge in [0.1, 0.15) is 5.54 Å². The summed E-state index contributed by atoms with van der Waals surface area (Å²) >= 11 is 0. The van der Waals surface area contributed by atoms with Crippen molar-refractivity contribution in [2.24, 2.45) is 0 Å². The lowest BCUT2D eigenvalue weighted by Crippen LogP contribution is -2.49. The van der Waals surface area contributed by atoms with Crippen molar-refractivity contribution in [3.63, 3.8) is 0 Å². The first-order chi connectivity index (χ1) is 9.92. The van der Waals surface area contributed by atoms with E-state index in [4.69, 9.17) is 4.74 Å². The molecule has 0 aromatic heterocycles. The fourth-order valence-corrected chi connectivity index (χ4v) is 3.01. The molecule has 0 aliphatic carbocycles. The van der Waals surface area contributed by atoms with Gasteiger partial charge in [0.2, 0.25) is 0 Å². The number of rotatable bonds is 7. The number of hydrogen-bond acceptors (Lipinski definition) is 5. The Hall–Kier alpha value is -0.650. The van der Waals surface area contributed by atoms with E-state index in [0.717, 1.165) is 32.5 Å². The molecule has 0 radical (unpaired) electrons. The summed E-state index contributed by atoms with van der Waals surface area (Å²) in [6.07, 6.45) is 3.04. The normalized spacial score (nSPS) is 24.3. The van der Waals surface area contributed by atoms with Crippen LogP contribution in [0.15, 0.2) is 0 Å². The zero-order valence-electron chi connectivity index (χ0n) is 14.4. The van der Waals surface area contributed by atoms with Crippen molar-refractivity contribution in [1.29, 1.82) is 0 Å².